The minimum absolute atomic E-state index is 0.523. The average Bonchev–Trinajstić information content (AvgIpc) is 2.07. The van der Waals surface area contributed by atoms with E-state index in [1.807, 2.05) is 6.07 Å². The molecule has 0 unspecified atom stereocenters. The molecule has 2 N–H and O–H groups in total. The van der Waals surface area contributed by atoms with Crippen molar-refractivity contribution in [2.24, 2.45) is 0 Å². The standard InChI is InChI=1S/C9H15N3/c1-3-7(4-2)8-5-9(10)12-6-11-8/h5-7H,3-4H2,1-2H3,(H2,10,11,12). The summed E-state index contributed by atoms with van der Waals surface area (Å²) in [7, 11) is 0. The van der Waals surface area contributed by atoms with Crippen molar-refractivity contribution >= 4 is 5.82 Å². The van der Waals surface area contributed by atoms with E-state index in [0.29, 0.717) is 11.7 Å². The van der Waals surface area contributed by atoms with Gasteiger partial charge in [0.1, 0.15) is 12.1 Å². The van der Waals surface area contributed by atoms with Gasteiger partial charge in [-0.3, -0.25) is 0 Å². The molecule has 0 aliphatic heterocycles. The average molecular weight is 165 g/mol. The number of hydrogen-bond donors (Lipinski definition) is 1. The molecule has 1 aromatic rings. The van der Waals surface area contributed by atoms with Crippen LogP contribution in [0.15, 0.2) is 12.4 Å². The molecule has 0 saturated heterocycles. The van der Waals surface area contributed by atoms with Crippen LogP contribution in [-0.2, 0) is 0 Å². The van der Waals surface area contributed by atoms with Gasteiger partial charge in [-0.05, 0) is 12.8 Å². The maximum absolute atomic E-state index is 5.55. The van der Waals surface area contributed by atoms with Crippen molar-refractivity contribution in [3.05, 3.63) is 18.1 Å². The van der Waals surface area contributed by atoms with E-state index >= 15 is 0 Å². The molecular formula is C9H15N3. The first-order valence-electron chi connectivity index (χ1n) is 4.35. The summed E-state index contributed by atoms with van der Waals surface area (Å²) in [5.74, 6) is 1.09. The zero-order chi connectivity index (χ0) is 8.97. The number of nitrogen functional groups attached to an aromatic ring is 1. The van der Waals surface area contributed by atoms with Crippen LogP contribution in [0, 0.1) is 0 Å². The number of aromatic nitrogens is 2. The van der Waals surface area contributed by atoms with Crippen LogP contribution in [0.2, 0.25) is 0 Å². The molecule has 3 heteroatoms. The summed E-state index contributed by atoms with van der Waals surface area (Å²) < 4.78 is 0. The van der Waals surface area contributed by atoms with Gasteiger partial charge in [-0.25, -0.2) is 9.97 Å². The summed E-state index contributed by atoms with van der Waals surface area (Å²) >= 11 is 0. The van der Waals surface area contributed by atoms with Crippen LogP contribution in [-0.4, -0.2) is 9.97 Å². The van der Waals surface area contributed by atoms with Crippen molar-refractivity contribution in [1.29, 1.82) is 0 Å². The summed E-state index contributed by atoms with van der Waals surface area (Å²) in [6, 6.07) is 1.86. The molecule has 0 aliphatic rings. The Hall–Kier alpha value is -1.12. The second kappa shape index (κ2) is 4.04. The predicted octanol–water partition coefficient (Wildman–Crippen LogP) is 1.96. The third-order valence-electron chi connectivity index (χ3n) is 2.11. The van der Waals surface area contributed by atoms with Crippen molar-refractivity contribution in [1.82, 2.24) is 9.97 Å². The Bertz CT molecular complexity index is 243. The summed E-state index contributed by atoms with van der Waals surface area (Å²) in [5, 5.41) is 0. The highest BCUT2D eigenvalue weighted by Gasteiger charge is 2.07. The van der Waals surface area contributed by atoms with E-state index in [1.165, 1.54) is 6.33 Å². The Morgan fingerprint density at radius 2 is 2.00 bits per heavy atom. The molecule has 0 fully saturated rings. The van der Waals surface area contributed by atoms with Gasteiger partial charge < -0.3 is 5.73 Å². The maximum atomic E-state index is 5.55. The smallest absolute Gasteiger partial charge is 0.127 e. The van der Waals surface area contributed by atoms with Crippen molar-refractivity contribution in [3.63, 3.8) is 0 Å². The zero-order valence-electron chi connectivity index (χ0n) is 7.62. The molecule has 0 atom stereocenters. The second-order valence-corrected chi connectivity index (χ2v) is 2.88. The lowest BCUT2D eigenvalue weighted by Gasteiger charge is -2.10. The van der Waals surface area contributed by atoms with Gasteiger partial charge >= 0.3 is 0 Å². The summed E-state index contributed by atoms with van der Waals surface area (Å²) in [4.78, 5) is 8.05. The minimum Gasteiger partial charge on any atom is -0.384 e. The van der Waals surface area contributed by atoms with Crippen molar-refractivity contribution < 1.29 is 0 Å². The van der Waals surface area contributed by atoms with Crippen LogP contribution in [0.25, 0.3) is 0 Å². The molecule has 1 aromatic heterocycles. The van der Waals surface area contributed by atoms with E-state index < -0.39 is 0 Å². The number of nitrogens with zero attached hydrogens (tertiary/aromatic N) is 2. The lowest BCUT2D eigenvalue weighted by atomic mass is 9.99. The Morgan fingerprint density at radius 1 is 1.33 bits per heavy atom. The molecule has 0 saturated carbocycles. The van der Waals surface area contributed by atoms with Gasteiger partial charge in [-0.1, -0.05) is 13.8 Å². The van der Waals surface area contributed by atoms with E-state index in [2.05, 4.69) is 23.8 Å². The molecular weight excluding hydrogens is 150 g/mol. The molecule has 0 spiro atoms. The van der Waals surface area contributed by atoms with E-state index in [-0.39, 0.29) is 0 Å². The maximum Gasteiger partial charge on any atom is 0.127 e. The van der Waals surface area contributed by atoms with Crippen molar-refractivity contribution in [3.8, 4) is 0 Å². The Labute approximate surface area is 73.0 Å². The highest BCUT2D eigenvalue weighted by molar-refractivity contribution is 5.29. The highest BCUT2D eigenvalue weighted by Crippen LogP contribution is 2.20. The van der Waals surface area contributed by atoms with Crippen LogP contribution in [0.3, 0.4) is 0 Å². The van der Waals surface area contributed by atoms with Crippen LogP contribution in [0.5, 0.6) is 0 Å². The monoisotopic (exact) mass is 165 g/mol. The Balaban J connectivity index is 2.85. The Kier molecular flexibility index (Phi) is 3.02. The fraction of sp³-hybridized carbons (Fsp3) is 0.556. The molecule has 1 heterocycles. The summed E-state index contributed by atoms with van der Waals surface area (Å²) in [6.07, 6.45) is 3.74. The van der Waals surface area contributed by atoms with E-state index in [4.69, 9.17) is 5.73 Å². The van der Waals surface area contributed by atoms with Gasteiger partial charge in [0.15, 0.2) is 0 Å². The number of anilines is 1. The quantitative estimate of drug-likeness (QED) is 0.744. The third-order valence-corrected chi connectivity index (χ3v) is 2.11. The van der Waals surface area contributed by atoms with Crippen LogP contribution in [0.1, 0.15) is 38.3 Å². The number of rotatable bonds is 3. The van der Waals surface area contributed by atoms with Crippen LogP contribution < -0.4 is 5.73 Å². The van der Waals surface area contributed by atoms with E-state index in [0.717, 1.165) is 18.5 Å². The lowest BCUT2D eigenvalue weighted by molar-refractivity contribution is 0.622. The fourth-order valence-corrected chi connectivity index (χ4v) is 1.32. The molecule has 12 heavy (non-hydrogen) atoms. The second-order valence-electron chi connectivity index (χ2n) is 2.88. The molecule has 0 bridgehead atoms. The fourth-order valence-electron chi connectivity index (χ4n) is 1.32. The highest BCUT2D eigenvalue weighted by atomic mass is 14.9. The van der Waals surface area contributed by atoms with Gasteiger partial charge in [0.25, 0.3) is 0 Å². The van der Waals surface area contributed by atoms with Gasteiger partial charge in [0.05, 0.1) is 0 Å². The van der Waals surface area contributed by atoms with Gasteiger partial charge in [0.2, 0.25) is 0 Å². The topological polar surface area (TPSA) is 51.8 Å². The first-order chi connectivity index (χ1) is 5.77. The molecule has 3 nitrogen and oxygen atoms in total. The molecule has 0 aliphatic carbocycles. The molecule has 1 rings (SSSR count). The first kappa shape index (κ1) is 8.97. The minimum atomic E-state index is 0.523. The SMILES string of the molecule is CCC(CC)c1cc(N)ncn1. The van der Waals surface area contributed by atoms with Gasteiger partial charge in [-0.15, -0.1) is 0 Å². The molecule has 0 aromatic carbocycles. The van der Waals surface area contributed by atoms with E-state index in [1.54, 1.807) is 0 Å². The lowest BCUT2D eigenvalue weighted by Crippen LogP contribution is -2.01. The summed E-state index contributed by atoms with van der Waals surface area (Å²) in [5.41, 5.74) is 6.62. The van der Waals surface area contributed by atoms with E-state index in [9.17, 15) is 0 Å². The predicted molar refractivity (Wildman–Crippen MR) is 49.8 cm³/mol. The first-order valence-corrected chi connectivity index (χ1v) is 4.35. The number of hydrogen-bond acceptors (Lipinski definition) is 3. The normalized spacial score (nSPS) is 10.6. The largest absolute Gasteiger partial charge is 0.384 e. The van der Waals surface area contributed by atoms with Crippen molar-refractivity contribution in [2.75, 3.05) is 5.73 Å². The van der Waals surface area contributed by atoms with Crippen LogP contribution >= 0.6 is 0 Å². The van der Waals surface area contributed by atoms with Crippen molar-refractivity contribution in [2.45, 2.75) is 32.6 Å². The number of nitrogens with two attached hydrogens (primary N) is 1. The molecule has 0 amide bonds. The van der Waals surface area contributed by atoms with Gasteiger partial charge in [0, 0.05) is 17.7 Å². The molecule has 66 valence electrons. The van der Waals surface area contributed by atoms with Gasteiger partial charge in [-0.2, -0.15) is 0 Å². The zero-order valence-corrected chi connectivity index (χ0v) is 7.62. The third kappa shape index (κ3) is 1.94. The Morgan fingerprint density at radius 3 is 2.50 bits per heavy atom. The van der Waals surface area contributed by atoms with Crippen LogP contribution in [0.4, 0.5) is 5.82 Å². The summed E-state index contributed by atoms with van der Waals surface area (Å²) in [6.45, 7) is 4.32. The molecule has 0 radical (unpaired) electrons.